The van der Waals surface area contributed by atoms with Crippen molar-refractivity contribution < 1.29 is 19.1 Å². The predicted octanol–water partition coefficient (Wildman–Crippen LogP) is 2.50. The van der Waals surface area contributed by atoms with Gasteiger partial charge in [0, 0.05) is 13.5 Å². The maximum atomic E-state index is 11.8. The van der Waals surface area contributed by atoms with Gasteiger partial charge in [0.1, 0.15) is 11.3 Å². The summed E-state index contributed by atoms with van der Waals surface area (Å²) < 4.78 is 10.2. The standard InChI is InChI=1S/C16H23NO4/c1-4-17(5-2)11-8-12-20-15-10-7-6-9-14(15)16(19)21-13(3)18/h6-7,9-10H,4-5,8,11-12H2,1-3H3. The highest BCUT2D eigenvalue weighted by Crippen LogP contribution is 2.19. The Morgan fingerprint density at radius 1 is 1.14 bits per heavy atom. The van der Waals surface area contributed by atoms with Crippen LogP contribution in [0.5, 0.6) is 5.75 Å². The van der Waals surface area contributed by atoms with Crippen molar-refractivity contribution >= 4 is 11.9 Å². The summed E-state index contributed by atoms with van der Waals surface area (Å²) in [6, 6.07) is 6.78. The van der Waals surface area contributed by atoms with Crippen LogP contribution >= 0.6 is 0 Å². The van der Waals surface area contributed by atoms with Gasteiger partial charge < -0.3 is 14.4 Å². The molecule has 0 radical (unpaired) electrons. The number of hydrogen-bond donors (Lipinski definition) is 0. The molecular formula is C16H23NO4. The van der Waals surface area contributed by atoms with Crippen LogP contribution in [-0.4, -0.2) is 43.1 Å². The van der Waals surface area contributed by atoms with Crippen molar-refractivity contribution in [2.45, 2.75) is 27.2 Å². The Hall–Kier alpha value is -1.88. The maximum absolute atomic E-state index is 11.8. The van der Waals surface area contributed by atoms with E-state index in [4.69, 9.17) is 4.74 Å². The fourth-order valence-electron chi connectivity index (χ4n) is 1.96. The molecule has 0 aliphatic rings. The van der Waals surface area contributed by atoms with Gasteiger partial charge in [-0.3, -0.25) is 4.79 Å². The minimum Gasteiger partial charge on any atom is -0.493 e. The van der Waals surface area contributed by atoms with Gasteiger partial charge in [-0.05, 0) is 31.6 Å². The SMILES string of the molecule is CCN(CC)CCCOc1ccccc1C(=O)OC(C)=O. The summed E-state index contributed by atoms with van der Waals surface area (Å²) in [6.07, 6.45) is 0.873. The van der Waals surface area contributed by atoms with E-state index in [0.29, 0.717) is 12.4 Å². The Morgan fingerprint density at radius 3 is 2.43 bits per heavy atom. The number of carbonyl (C=O) groups excluding carboxylic acids is 2. The van der Waals surface area contributed by atoms with Gasteiger partial charge >= 0.3 is 11.9 Å². The Bertz CT molecular complexity index is 469. The van der Waals surface area contributed by atoms with Crippen molar-refractivity contribution in [1.82, 2.24) is 4.90 Å². The molecule has 0 amide bonds. The first-order valence-electron chi connectivity index (χ1n) is 7.25. The predicted molar refractivity (Wildman–Crippen MR) is 80.4 cm³/mol. The number of benzene rings is 1. The van der Waals surface area contributed by atoms with E-state index in [1.54, 1.807) is 24.3 Å². The minimum atomic E-state index is -0.679. The van der Waals surface area contributed by atoms with Crippen LogP contribution in [0.3, 0.4) is 0 Å². The molecule has 1 aromatic rings. The van der Waals surface area contributed by atoms with E-state index in [2.05, 4.69) is 23.5 Å². The van der Waals surface area contributed by atoms with Crippen LogP contribution in [0.1, 0.15) is 37.6 Å². The largest absolute Gasteiger partial charge is 0.493 e. The first-order chi connectivity index (χ1) is 10.1. The quantitative estimate of drug-likeness (QED) is 0.419. The van der Waals surface area contributed by atoms with Crippen LogP contribution in [0.4, 0.5) is 0 Å². The Morgan fingerprint density at radius 2 is 1.81 bits per heavy atom. The van der Waals surface area contributed by atoms with Crippen LogP contribution in [0.25, 0.3) is 0 Å². The zero-order valence-corrected chi connectivity index (χ0v) is 12.9. The number of para-hydroxylation sites is 1. The molecule has 0 saturated heterocycles. The highest BCUT2D eigenvalue weighted by molar-refractivity contribution is 5.98. The molecular weight excluding hydrogens is 270 g/mol. The van der Waals surface area contributed by atoms with E-state index < -0.39 is 11.9 Å². The van der Waals surface area contributed by atoms with Crippen molar-refractivity contribution in [3.05, 3.63) is 29.8 Å². The van der Waals surface area contributed by atoms with Crippen LogP contribution in [0, 0.1) is 0 Å². The van der Waals surface area contributed by atoms with Crippen molar-refractivity contribution in [2.24, 2.45) is 0 Å². The minimum absolute atomic E-state index is 0.274. The van der Waals surface area contributed by atoms with Crippen LogP contribution in [0.2, 0.25) is 0 Å². The highest BCUT2D eigenvalue weighted by atomic mass is 16.6. The molecule has 5 heteroatoms. The number of nitrogens with zero attached hydrogens (tertiary/aromatic N) is 1. The maximum Gasteiger partial charge on any atom is 0.349 e. The summed E-state index contributed by atoms with van der Waals surface area (Å²) in [5.41, 5.74) is 0.274. The van der Waals surface area contributed by atoms with Crippen molar-refractivity contribution in [1.29, 1.82) is 0 Å². The van der Waals surface area contributed by atoms with E-state index in [1.165, 1.54) is 6.92 Å². The average Bonchev–Trinajstić information content (AvgIpc) is 2.47. The first kappa shape index (κ1) is 17.2. The molecule has 0 spiro atoms. The second kappa shape index (κ2) is 9.13. The number of rotatable bonds is 8. The Balaban J connectivity index is 2.55. The van der Waals surface area contributed by atoms with Crippen LogP contribution in [0.15, 0.2) is 24.3 Å². The van der Waals surface area contributed by atoms with E-state index in [1.807, 2.05) is 0 Å². The molecule has 0 saturated carbocycles. The molecule has 0 heterocycles. The fourth-order valence-corrected chi connectivity index (χ4v) is 1.96. The van der Waals surface area contributed by atoms with Crippen molar-refractivity contribution in [3.8, 4) is 5.75 Å². The smallest absolute Gasteiger partial charge is 0.349 e. The van der Waals surface area contributed by atoms with Crippen molar-refractivity contribution in [2.75, 3.05) is 26.2 Å². The zero-order valence-electron chi connectivity index (χ0n) is 12.9. The number of carbonyl (C=O) groups is 2. The van der Waals surface area contributed by atoms with Gasteiger partial charge in [-0.25, -0.2) is 4.79 Å². The lowest BCUT2D eigenvalue weighted by molar-refractivity contribution is -0.135. The second-order valence-electron chi connectivity index (χ2n) is 4.61. The Labute approximate surface area is 125 Å². The Kier molecular flexibility index (Phi) is 7.46. The van der Waals surface area contributed by atoms with E-state index in [9.17, 15) is 9.59 Å². The van der Waals surface area contributed by atoms with E-state index in [0.717, 1.165) is 26.1 Å². The van der Waals surface area contributed by atoms with Gasteiger partial charge in [0.25, 0.3) is 0 Å². The molecule has 0 N–H and O–H groups in total. The van der Waals surface area contributed by atoms with Gasteiger partial charge in [-0.1, -0.05) is 26.0 Å². The van der Waals surface area contributed by atoms with E-state index >= 15 is 0 Å². The highest BCUT2D eigenvalue weighted by Gasteiger charge is 2.15. The molecule has 0 unspecified atom stereocenters. The van der Waals surface area contributed by atoms with Gasteiger partial charge in [-0.2, -0.15) is 0 Å². The first-order valence-corrected chi connectivity index (χ1v) is 7.25. The molecule has 116 valence electrons. The molecule has 0 aliphatic carbocycles. The lowest BCUT2D eigenvalue weighted by atomic mass is 10.2. The number of esters is 2. The molecule has 0 aliphatic heterocycles. The second-order valence-corrected chi connectivity index (χ2v) is 4.61. The molecule has 0 aromatic heterocycles. The normalized spacial score (nSPS) is 10.5. The molecule has 0 fully saturated rings. The van der Waals surface area contributed by atoms with Crippen LogP contribution < -0.4 is 4.74 Å². The zero-order chi connectivity index (χ0) is 15.7. The summed E-state index contributed by atoms with van der Waals surface area (Å²) >= 11 is 0. The third-order valence-corrected chi connectivity index (χ3v) is 3.11. The molecule has 21 heavy (non-hydrogen) atoms. The summed E-state index contributed by atoms with van der Waals surface area (Å²) in [5.74, 6) is -0.860. The van der Waals surface area contributed by atoms with Gasteiger partial charge in [0.05, 0.1) is 6.61 Å². The summed E-state index contributed by atoms with van der Waals surface area (Å²) in [6.45, 7) is 8.93. The molecule has 0 bridgehead atoms. The lowest BCUT2D eigenvalue weighted by Gasteiger charge is -2.18. The number of hydrogen-bond acceptors (Lipinski definition) is 5. The topological polar surface area (TPSA) is 55.8 Å². The van der Waals surface area contributed by atoms with Gasteiger partial charge in [0.2, 0.25) is 0 Å². The van der Waals surface area contributed by atoms with Gasteiger partial charge in [0.15, 0.2) is 0 Å². The molecule has 0 atom stereocenters. The monoisotopic (exact) mass is 293 g/mol. The third kappa shape index (κ3) is 5.95. The average molecular weight is 293 g/mol. The number of ether oxygens (including phenoxy) is 2. The van der Waals surface area contributed by atoms with Crippen LogP contribution in [-0.2, 0) is 9.53 Å². The molecule has 5 nitrogen and oxygen atoms in total. The lowest BCUT2D eigenvalue weighted by Crippen LogP contribution is -2.25. The summed E-state index contributed by atoms with van der Waals surface area (Å²) in [5, 5.41) is 0. The molecule has 1 aromatic carbocycles. The molecule has 1 rings (SSSR count). The summed E-state index contributed by atoms with van der Waals surface area (Å²) in [7, 11) is 0. The van der Waals surface area contributed by atoms with Crippen molar-refractivity contribution in [3.63, 3.8) is 0 Å². The fraction of sp³-hybridized carbons (Fsp3) is 0.500. The van der Waals surface area contributed by atoms with E-state index in [-0.39, 0.29) is 5.56 Å². The summed E-state index contributed by atoms with van der Waals surface area (Å²) in [4.78, 5) is 24.9. The van der Waals surface area contributed by atoms with Gasteiger partial charge in [-0.15, -0.1) is 0 Å². The third-order valence-electron chi connectivity index (χ3n) is 3.11.